The molecule has 0 heterocycles. The van der Waals surface area contributed by atoms with Gasteiger partial charge in [-0.3, -0.25) is 4.79 Å². The summed E-state index contributed by atoms with van der Waals surface area (Å²) < 4.78 is 5.34. The Morgan fingerprint density at radius 1 is 1.32 bits per heavy atom. The number of carbonyl (C=O) groups excluding carboxylic acids is 1. The Hall–Kier alpha value is -0.870. The van der Waals surface area contributed by atoms with Gasteiger partial charge in [0.2, 0.25) is 5.91 Å². The highest BCUT2D eigenvalue weighted by molar-refractivity contribution is 5.87. The third-order valence-electron chi connectivity index (χ3n) is 3.65. The molecule has 0 aromatic rings. The van der Waals surface area contributed by atoms with Gasteiger partial charge in [0, 0.05) is 13.7 Å². The molecule has 1 aliphatic carbocycles. The standard InChI is InChI=1S/C15H28N2O2/c1-17(2)12-4-11-16-15(18)10-7-13-5-8-14(19-3)9-6-13/h7,10,13-14H,4-6,8-9,11-12H2,1-3H3,(H,16,18). The summed E-state index contributed by atoms with van der Waals surface area (Å²) in [6, 6.07) is 0. The summed E-state index contributed by atoms with van der Waals surface area (Å²) in [7, 11) is 5.86. The van der Waals surface area contributed by atoms with Gasteiger partial charge in [-0.15, -0.1) is 0 Å². The van der Waals surface area contributed by atoms with Crippen LogP contribution in [0.25, 0.3) is 0 Å². The molecular formula is C15H28N2O2. The maximum atomic E-state index is 11.6. The average molecular weight is 268 g/mol. The molecule has 0 aromatic heterocycles. The van der Waals surface area contributed by atoms with Gasteiger partial charge in [0.1, 0.15) is 0 Å². The Morgan fingerprint density at radius 3 is 2.58 bits per heavy atom. The fourth-order valence-corrected chi connectivity index (χ4v) is 2.41. The summed E-state index contributed by atoms with van der Waals surface area (Å²) in [5.74, 6) is 0.576. The number of amides is 1. The Kier molecular flexibility index (Phi) is 7.75. The van der Waals surface area contributed by atoms with Crippen molar-refractivity contribution in [2.24, 2.45) is 5.92 Å². The van der Waals surface area contributed by atoms with Crippen LogP contribution in [0.15, 0.2) is 12.2 Å². The van der Waals surface area contributed by atoms with Crippen molar-refractivity contribution in [2.45, 2.75) is 38.2 Å². The zero-order chi connectivity index (χ0) is 14.1. The molecule has 1 aliphatic rings. The Balaban J connectivity index is 2.12. The van der Waals surface area contributed by atoms with Crippen LogP contribution in [-0.2, 0) is 9.53 Å². The molecule has 4 nitrogen and oxygen atoms in total. The van der Waals surface area contributed by atoms with Crippen molar-refractivity contribution in [1.29, 1.82) is 0 Å². The normalized spacial score (nSPS) is 24.0. The van der Waals surface area contributed by atoms with Gasteiger partial charge < -0.3 is 15.0 Å². The van der Waals surface area contributed by atoms with E-state index in [-0.39, 0.29) is 5.91 Å². The summed E-state index contributed by atoms with van der Waals surface area (Å²) in [6.07, 6.45) is 9.65. The Bertz CT molecular complexity index is 282. The first-order chi connectivity index (χ1) is 9.11. The maximum Gasteiger partial charge on any atom is 0.243 e. The minimum Gasteiger partial charge on any atom is -0.381 e. The zero-order valence-corrected chi connectivity index (χ0v) is 12.5. The number of ether oxygens (including phenoxy) is 1. The number of allylic oxidation sites excluding steroid dienone is 1. The van der Waals surface area contributed by atoms with Crippen LogP contribution in [-0.4, -0.2) is 51.2 Å². The van der Waals surface area contributed by atoms with Crippen molar-refractivity contribution >= 4 is 5.91 Å². The van der Waals surface area contributed by atoms with E-state index in [0.29, 0.717) is 12.0 Å². The van der Waals surface area contributed by atoms with Crippen molar-refractivity contribution in [1.82, 2.24) is 10.2 Å². The second-order valence-electron chi connectivity index (χ2n) is 5.58. The molecule has 0 unspecified atom stereocenters. The van der Waals surface area contributed by atoms with Gasteiger partial charge in [-0.1, -0.05) is 6.08 Å². The van der Waals surface area contributed by atoms with Crippen molar-refractivity contribution in [3.8, 4) is 0 Å². The minimum atomic E-state index is 0.0348. The van der Waals surface area contributed by atoms with Crippen LogP contribution in [0.5, 0.6) is 0 Å². The zero-order valence-electron chi connectivity index (χ0n) is 12.5. The molecule has 1 saturated carbocycles. The first-order valence-electron chi connectivity index (χ1n) is 7.25. The van der Waals surface area contributed by atoms with Crippen LogP contribution in [0.3, 0.4) is 0 Å². The van der Waals surface area contributed by atoms with Crippen molar-refractivity contribution in [3.63, 3.8) is 0 Å². The third-order valence-corrected chi connectivity index (χ3v) is 3.65. The second kappa shape index (κ2) is 9.10. The predicted octanol–water partition coefficient (Wildman–Crippen LogP) is 1.82. The van der Waals surface area contributed by atoms with Gasteiger partial charge in [-0.25, -0.2) is 0 Å². The van der Waals surface area contributed by atoms with E-state index in [0.717, 1.165) is 45.2 Å². The minimum absolute atomic E-state index is 0.0348. The van der Waals surface area contributed by atoms with Crippen LogP contribution >= 0.6 is 0 Å². The number of methoxy groups -OCH3 is 1. The molecule has 0 radical (unpaired) electrons. The molecule has 0 saturated heterocycles. The fraction of sp³-hybridized carbons (Fsp3) is 0.800. The smallest absolute Gasteiger partial charge is 0.243 e. The third kappa shape index (κ3) is 7.33. The first kappa shape index (κ1) is 16.2. The number of hydrogen-bond acceptors (Lipinski definition) is 3. The van der Waals surface area contributed by atoms with E-state index in [2.05, 4.69) is 16.3 Å². The maximum absolute atomic E-state index is 11.6. The van der Waals surface area contributed by atoms with E-state index in [1.54, 1.807) is 13.2 Å². The van der Waals surface area contributed by atoms with Gasteiger partial charge in [-0.2, -0.15) is 0 Å². The van der Waals surface area contributed by atoms with E-state index in [9.17, 15) is 4.79 Å². The van der Waals surface area contributed by atoms with Crippen molar-refractivity contribution < 1.29 is 9.53 Å². The predicted molar refractivity (Wildman–Crippen MR) is 78.1 cm³/mol. The van der Waals surface area contributed by atoms with Gasteiger partial charge in [-0.05, 0) is 64.7 Å². The van der Waals surface area contributed by atoms with Gasteiger partial charge in [0.25, 0.3) is 0 Å². The molecule has 110 valence electrons. The number of nitrogens with one attached hydrogen (secondary N) is 1. The molecular weight excluding hydrogens is 240 g/mol. The summed E-state index contributed by atoms with van der Waals surface area (Å²) >= 11 is 0. The highest BCUT2D eigenvalue weighted by Gasteiger charge is 2.18. The Morgan fingerprint density at radius 2 is 2.00 bits per heavy atom. The average Bonchev–Trinajstić information content (AvgIpc) is 2.41. The number of carbonyl (C=O) groups is 1. The largest absolute Gasteiger partial charge is 0.381 e. The molecule has 1 rings (SSSR count). The topological polar surface area (TPSA) is 41.6 Å². The number of nitrogens with zero attached hydrogens (tertiary/aromatic N) is 1. The molecule has 1 N–H and O–H groups in total. The molecule has 19 heavy (non-hydrogen) atoms. The summed E-state index contributed by atoms with van der Waals surface area (Å²) in [6.45, 7) is 1.75. The van der Waals surface area contributed by atoms with Crippen LogP contribution in [0, 0.1) is 5.92 Å². The van der Waals surface area contributed by atoms with Crippen LogP contribution in [0.1, 0.15) is 32.1 Å². The van der Waals surface area contributed by atoms with Crippen molar-refractivity contribution in [2.75, 3.05) is 34.3 Å². The lowest BCUT2D eigenvalue weighted by Gasteiger charge is -2.25. The molecule has 0 atom stereocenters. The van der Waals surface area contributed by atoms with Crippen molar-refractivity contribution in [3.05, 3.63) is 12.2 Å². The second-order valence-corrected chi connectivity index (χ2v) is 5.58. The van der Waals surface area contributed by atoms with Crippen LogP contribution in [0.2, 0.25) is 0 Å². The molecule has 4 heteroatoms. The lowest BCUT2D eigenvalue weighted by Crippen LogP contribution is -2.26. The number of rotatable bonds is 7. The monoisotopic (exact) mass is 268 g/mol. The fourth-order valence-electron chi connectivity index (χ4n) is 2.41. The molecule has 0 aliphatic heterocycles. The quantitative estimate of drug-likeness (QED) is 0.565. The highest BCUT2D eigenvalue weighted by atomic mass is 16.5. The van der Waals surface area contributed by atoms with E-state index in [1.807, 2.05) is 14.1 Å². The molecule has 1 fully saturated rings. The molecule has 0 bridgehead atoms. The van der Waals surface area contributed by atoms with E-state index in [4.69, 9.17) is 4.74 Å². The van der Waals surface area contributed by atoms with Crippen LogP contribution in [0.4, 0.5) is 0 Å². The summed E-state index contributed by atoms with van der Waals surface area (Å²) in [4.78, 5) is 13.7. The van der Waals surface area contributed by atoms with E-state index < -0.39 is 0 Å². The molecule has 0 aromatic carbocycles. The van der Waals surface area contributed by atoms with Crippen LogP contribution < -0.4 is 5.32 Å². The lowest BCUT2D eigenvalue weighted by molar-refractivity contribution is -0.116. The molecule has 1 amide bonds. The Labute approximate surface area is 117 Å². The van der Waals surface area contributed by atoms with E-state index >= 15 is 0 Å². The highest BCUT2D eigenvalue weighted by Crippen LogP contribution is 2.26. The SMILES string of the molecule is COC1CCC(C=CC(=O)NCCCN(C)C)CC1. The van der Waals surface area contributed by atoms with Gasteiger partial charge in [0.15, 0.2) is 0 Å². The van der Waals surface area contributed by atoms with Gasteiger partial charge >= 0.3 is 0 Å². The van der Waals surface area contributed by atoms with E-state index in [1.165, 1.54) is 0 Å². The summed E-state index contributed by atoms with van der Waals surface area (Å²) in [5.41, 5.74) is 0. The first-order valence-corrected chi connectivity index (χ1v) is 7.25. The molecule has 0 spiro atoms. The number of hydrogen-bond donors (Lipinski definition) is 1. The lowest BCUT2D eigenvalue weighted by atomic mass is 9.87. The van der Waals surface area contributed by atoms with Gasteiger partial charge in [0.05, 0.1) is 6.10 Å². The summed E-state index contributed by atoms with van der Waals surface area (Å²) in [5, 5.41) is 2.92.